The number of phosphoric ester groups is 1. The molecule has 74 heavy (non-hydrogen) atoms. The second-order valence-electron chi connectivity index (χ2n) is 19.4. The van der Waals surface area contributed by atoms with Crippen LogP contribution in [-0.4, -0.2) is 66.5 Å². The average molecular weight is 1060 g/mol. The van der Waals surface area contributed by atoms with Gasteiger partial charge in [0.25, 0.3) is 0 Å². The summed E-state index contributed by atoms with van der Waals surface area (Å²) in [7, 11) is -4.76. The van der Waals surface area contributed by atoms with Crippen molar-refractivity contribution >= 4 is 25.7 Å². The van der Waals surface area contributed by atoms with Gasteiger partial charge in [-0.25, -0.2) is 4.57 Å². The molecule has 426 valence electrons. The minimum atomic E-state index is -4.76. The highest BCUT2D eigenvalue weighted by molar-refractivity contribution is 7.47. The van der Waals surface area contributed by atoms with Crippen molar-refractivity contribution in [3.05, 3.63) is 85.1 Å². The number of aliphatic hydroxyl groups is 1. The number of esters is 3. The van der Waals surface area contributed by atoms with Crippen LogP contribution in [0.1, 0.15) is 252 Å². The third kappa shape index (κ3) is 53.5. The van der Waals surface area contributed by atoms with E-state index in [1.165, 1.54) is 44.9 Å². The number of allylic oxidation sites excluding steroid dienone is 14. The summed E-state index contributed by atoms with van der Waals surface area (Å²) in [5.41, 5.74) is 0. The predicted octanol–water partition coefficient (Wildman–Crippen LogP) is 17.5. The number of carbonyl (C=O) groups is 3. The summed E-state index contributed by atoms with van der Waals surface area (Å²) in [6.45, 7) is 4.39. The molecule has 0 amide bonds. The van der Waals surface area contributed by atoms with E-state index in [0.717, 1.165) is 148 Å². The van der Waals surface area contributed by atoms with Crippen LogP contribution in [0, 0.1) is 0 Å². The van der Waals surface area contributed by atoms with Crippen LogP contribution < -0.4 is 0 Å². The van der Waals surface area contributed by atoms with Crippen LogP contribution >= 0.6 is 7.82 Å². The summed E-state index contributed by atoms with van der Waals surface area (Å²) in [6, 6.07) is 0. The van der Waals surface area contributed by atoms with Gasteiger partial charge >= 0.3 is 25.7 Å². The van der Waals surface area contributed by atoms with Crippen molar-refractivity contribution in [2.45, 2.75) is 264 Å². The van der Waals surface area contributed by atoms with Crippen LogP contribution in [0.4, 0.5) is 0 Å². The fraction of sp³-hybridized carbons (Fsp3) is 0.726. The molecule has 0 spiro atoms. The van der Waals surface area contributed by atoms with Crippen molar-refractivity contribution in [2.75, 3.05) is 26.4 Å². The standard InChI is InChI=1S/C62H107O11P/c1-4-7-10-13-16-19-22-25-27-29-31-34-37-40-43-46-49-52-61(65)72-58(54-63)56-70-74(67,68)71-57-59(55-69-60(64)51-48-45-42-39-36-33-24-21-18-15-12-9-6-3)73-62(66)53-50-47-44-41-38-35-32-30-28-26-23-20-17-14-11-8-5-2/h7-8,10-11,16-17,19-21,24-28,58-59,63H,4-6,9,12-15,18,22-23,29-57H2,1-3H3,(H,67,68)/b10-7-,11-8-,19-16-,20-17-,24-21-,27-25-,28-26-. The lowest BCUT2D eigenvalue weighted by atomic mass is 10.1. The first-order valence-corrected chi connectivity index (χ1v) is 31.0. The van der Waals surface area contributed by atoms with Crippen LogP contribution in [0.25, 0.3) is 0 Å². The molecule has 0 heterocycles. The van der Waals surface area contributed by atoms with E-state index in [1.54, 1.807) is 0 Å². The minimum absolute atomic E-state index is 0.152. The molecule has 0 saturated heterocycles. The summed E-state index contributed by atoms with van der Waals surface area (Å²) in [5.74, 6) is -1.49. The van der Waals surface area contributed by atoms with Gasteiger partial charge < -0.3 is 24.2 Å². The third-order valence-corrected chi connectivity index (χ3v) is 13.2. The van der Waals surface area contributed by atoms with Crippen molar-refractivity contribution in [2.24, 2.45) is 0 Å². The van der Waals surface area contributed by atoms with Gasteiger partial charge in [-0.15, -0.1) is 0 Å². The number of unbranched alkanes of at least 4 members (excludes halogenated alkanes) is 23. The first kappa shape index (κ1) is 70.7. The van der Waals surface area contributed by atoms with Gasteiger partial charge in [0, 0.05) is 19.3 Å². The van der Waals surface area contributed by atoms with Gasteiger partial charge in [-0.2, -0.15) is 0 Å². The Balaban J connectivity index is 4.72. The fourth-order valence-electron chi connectivity index (χ4n) is 7.85. The third-order valence-electron chi connectivity index (χ3n) is 12.3. The summed E-state index contributed by atoms with van der Waals surface area (Å²) >= 11 is 0. The summed E-state index contributed by atoms with van der Waals surface area (Å²) in [6.07, 6.45) is 63.9. The highest BCUT2D eigenvalue weighted by atomic mass is 31.2. The minimum Gasteiger partial charge on any atom is -0.462 e. The van der Waals surface area contributed by atoms with Gasteiger partial charge in [0.15, 0.2) is 6.10 Å². The number of carbonyl (C=O) groups excluding carboxylic acids is 3. The lowest BCUT2D eigenvalue weighted by molar-refractivity contribution is -0.161. The van der Waals surface area contributed by atoms with Crippen molar-refractivity contribution < 1.29 is 52.2 Å². The number of phosphoric acid groups is 1. The number of hydrogen-bond acceptors (Lipinski definition) is 10. The van der Waals surface area contributed by atoms with Gasteiger partial charge in [0.05, 0.1) is 19.8 Å². The monoisotopic (exact) mass is 1060 g/mol. The quantitative estimate of drug-likeness (QED) is 0.0197. The van der Waals surface area contributed by atoms with Crippen molar-refractivity contribution in [3.63, 3.8) is 0 Å². The van der Waals surface area contributed by atoms with Crippen molar-refractivity contribution in [3.8, 4) is 0 Å². The maximum atomic E-state index is 12.9. The zero-order chi connectivity index (χ0) is 54.1. The van der Waals surface area contributed by atoms with E-state index in [4.69, 9.17) is 23.3 Å². The van der Waals surface area contributed by atoms with Gasteiger partial charge in [-0.1, -0.05) is 209 Å². The first-order valence-electron chi connectivity index (χ1n) is 29.5. The van der Waals surface area contributed by atoms with Crippen LogP contribution in [-0.2, 0) is 42.2 Å². The SMILES string of the molecule is CC/C=C\C/C=C\C/C=C\CCCCCCCCCC(=O)OC(CO)COP(=O)(O)OCC(COC(=O)CCCCCCC/C=C\CCCCCC)OC(=O)CCCCCCCCC/C=C\C/C=C\C/C=C\CC. The number of aliphatic hydroxyl groups excluding tert-OH is 1. The van der Waals surface area contributed by atoms with E-state index in [2.05, 4.69) is 106 Å². The molecule has 0 radical (unpaired) electrons. The molecule has 0 fully saturated rings. The summed E-state index contributed by atoms with van der Waals surface area (Å²) < 4.78 is 39.5. The summed E-state index contributed by atoms with van der Waals surface area (Å²) in [4.78, 5) is 48.6. The normalized spacial score (nSPS) is 14.0. The lowest BCUT2D eigenvalue weighted by Gasteiger charge is -2.21. The fourth-order valence-corrected chi connectivity index (χ4v) is 8.63. The molecular formula is C62H107O11P. The van der Waals surface area contributed by atoms with Crippen molar-refractivity contribution in [1.82, 2.24) is 0 Å². The smallest absolute Gasteiger partial charge is 0.462 e. The summed E-state index contributed by atoms with van der Waals surface area (Å²) in [5, 5.41) is 9.83. The Kier molecular flexibility index (Phi) is 53.4. The molecule has 0 saturated carbocycles. The highest BCUT2D eigenvalue weighted by Crippen LogP contribution is 2.43. The molecule has 0 aliphatic heterocycles. The molecule has 0 aliphatic rings. The Morgan fingerprint density at radius 1 is 0.392 bits per heavy atom. The van der Waals surface area contributed by atoms with E-state index >= 15 is 0 Å². The maximum Gasteiger partial charge on any atom is 0.472 e. The highest BCUT2D eigenvalue weighted by Gasteiger charge is 2.28. The van der Waals surface area contributed by atoms with E-state index in [0.29, 0.717) is 19.3 Å². The molecule has 3 unspecified atom stereocenters. The molecule has 12 heteroatoms. The topological polar surface area (TPSA) is 155 Å². The molecule has 0 bridgehead atoms. The molecule has 11 nitrogen and oxygen atoms in total. The Morgan fingerprint density at radius 3 is 1.09 bits per heavy atom. The van der Waals surface area contributed by atoms with E-state index in [-0.39, 0.29) is 25.9 Å². The molecular weight excluding hydrogens is 952 g/mol. The average Bonchev–Trinajstić information content (AvgIpc) is 3.39. The van der Waals surface area contributed by atoms with Crippen LogP contribution in [0.3, 0.4) is 0 Å². The van der Waals surface area contributed by atoms with E-state index < -0.39 is 57.8 Å². The first-order chi connectivity index (χ1) is 36.2. The van der Waals surface area contributed by atoms with Crippen molar-refractivity contribution in [1.29, 1.82) is 0 Å². The zero-order valence-electron chi connectivity index (χ0n) is 47.0. The number of hydrogen-bond donors (Lipinski definition) is 2. The maximum absolute atomic E-state index is 12.9. The van der Waals surface area contributed by atoms with E-state index in [9.17, 15) is 28.9 Å². The largest absolute Gasteiger partial charge is 0.472 e. The van der Waals surface area contributed by atoms with Gasteiger partial charge in [-0.3, -0.25) is 23.4 Å². The number of rotatable bonds is 54. The molecule has 0 aromatic heterocycles. The Bertz CT molecular complexity index is 1560. The Hall–Kier alpha value is -3.34. The van der Waals surface area contributed by atoms with Gasteiger partial charge in [-0.05, 0) is 109 Å². The van der Waals surface area contributed by atoms with Crippen LogP contribution in [0.2, 0.25) is 0 Å². The Labute approximate surface area is 451 Å². The molecule has 0 aromatic carbocycles. The molecule has 2 N–H and O–H groups in total. The van der Waals surface area contributed by atoms with Gasteiger partial charge in [0.2, 0.25) is 0 Å². The van der Waals surface area contributed by atoms with E-state index in [1.807, 2.05) is 0 Å². The second-order valence-corrected chi connectivity index (χ2v) is 20.8. The molecule has 0 rings (SSSR count). The number of ether oxygens (including phenoxy) is 3. The Morgan fingerprint density at radius 2 is 0.703 bits per heavy atom. The van der Waals surface area contributed by atoms with Gasteiger partial charge in [0.1, 0.15) is 12.7 Å². The molecule has 3 atom stereocenters. The second kappa shape index (κ2) is 55.9. The van der Waals surface area contributed by atoms with Crippen LogP contribution in [0.15, 0.2) is 85.1 Å². The molecule has 0 aliphatic carbocycles. The zero-order valence-corrected chi connectivity index (χ0v) is 47.9. The molecule has 0 aromatic rings. The van der Waals surface area contributed by atoms with Crippen LogP contribution in [0.5, 0.6) is 0 Å². The predicted molar refractivity (Wildman–Crippen MR) is 307 cm³/mol. The lowest BCUT2D eigenvalue weighted by Crippen LogP contribution is -2.30.